The Kier molecular flexibility index (Phi) is 5.21. The Morgan fingerprint density at radius 2 is 2.25 bits per heavy atom. The first kappa shape index (κ1) is 12.9. The predicted molar refractivity (Wildman–Crippen MR) is 54.1 cm³/mol. The summed E-state index contributed by atoms with van der Waals surface area (Å²) in [5, 5.41) is 10.2. The maximum Gasteiger partial charge on any atom is 0.256 e. The third-order valence-electron chi connectivity index (χ3n) is 2.23. The lowest BCUT2D eigenvalue weighted by atomic mass is 10.1. The number of halogens is 2. The topological polar surface area (TPSA) is 49.2 Å². The summed E-state index contributed by atoms with van der Waals surface area (Å²) in [5.41, 5.74) is 0.513. The highest BCUT2D eigenvalue weighted by Gasteiger charge is 2.25. The minimum atomic E-state index is -2.56. The first-order chi connectivity index (χ1) is 7.65. The van der Waals surface area contributed by atoms with Crippen LogP contribution in [0.3, 0.4) is 0 Å². The molecule has 0 aliphatic carbocycles. The highest BCUT2D eigenvalue weighted by Crippen LogP contribution is 2.15. The van der Waals surface area contributed by atoms with Gasteiger partial charge < -0.3 is 5.21 Å². The van der Waals surface area contributed by atoms with E-state index in [1.807, 2.05) is 0 Å². The Labute approximate surface area is 92.9 Å². The van der Waals surface area contributed by atoms with Crippen LogP contribution < -0.4 is 0 Å². The molecule has 90 valence electrons. The van der Waals surface area contributed by atoms with Gasteiger partial charge in [0.05, 0.1) is 18.3 Å². The maximum absolute atomic E-state index is 12.6. The number of alkyl halides is 2. The van der Waals surface area contributed by atoms with Crippen molar-refractivity contribution in [3.05, 3.63) is 24.3 Å². The maximum atomic E-state index is 12.6. The molecule has 0 bridgehead atoms. The summed E-state index contributed by atoms with van der Waals surface area (Å²) in [6, 6.07) is 0.442. The van der Waals surface area contributed by atoms with Gasteiger partial charge in [0.1, 0.15) is 6.33 Å². The van der Waals surface area contributed by atoms with Crippen LogP contribution in [0, 0.1) is 0 Å². The van der Waals surface area contributed by atoms with E-state index in [1.54, 1.807) is 13.0 Å². The number of hydroxylamine groups is 2. The fourth-order valence-electron chi connectivity index (χ4n) is 1.40. The second-order valence-corrected chi connectivity index (χ2v) is 3.49. The molecule has 1 rings (SSSR count). The van der Waals surface area contributed by atoms with Crippen LogP contribution in [0.15, 0.2) is 18.6 Å². The summed E-state index contributed by atoms with van der Waals surface area (Å²) in [6.45, 7) is 1.78. The largest absolute Gasteiger partial charge is 0.313 e. The van der Waals surface area contributed by atoms with Crippen molar-refractivity contribution in [2.45, 2.75) is 38.8 Å². The molecule has 0 saturated carbocycles. The predicted octanol–water partition coefficient (Wildman–Crippen LogP) is 2.10. The highest BCUT2D eigenvalue weighted by atomic mass is 19.3. The van der Waals surface area contributed by atoms with Crippen LogP contribution in [-0.4, -0.2) is 32.7 Å². The molecule has 1 heterocycles. The van der Waals surface area contributed by atoms with E-state index < -0.39 is 12.5 Å². The van der Waals surface area contributed by atoms with E-state index >= 15 is 0 Å². The van der Waals surface area contributed by atoms with E-state index in [4.69, 9.17) is 0 Å². The number of nitrogens with zero attached hydrogens (tertiary/aromatic N) is 3. The van der Waals surface area contributed by atoms with Gasteiger partial charge in [-0.2, -0.15) is 5.06 Å². The summed E-state index contributed by atoms with van der Waals surface area (Å²) in [6.07, 6.45) is 1.11. The molecular formula is C10H15F2N3O. The lowest BCUT2D eigenvalue weighted by Gasteiger charge is -2.24. The van der Waals surface area contributed by atoms with Crippen LogP contribution in [-0.2, 0) is 6.54 Å². The molecule has 0 aliphatic rings. The van der Waals surface area contributed by atoms with Gasteiger partial charge in [0, 0.05) is 6.20 Å². The molecule has 1 N–H and O–H groups in total. The summed E-state index contributed by atoms with van der Waals surface area (Å²) < 4.78 is 25.2. The van der Waals surface area contributed by atoms with Crippen molar-refractivity contribution in [2.75, 3.05) is 0 Å². The Morgan fingerprint density at radius 3 is 2.75 bits per heavy atom. The van der Waals surface area contributed by atoms with Gasteiger partial charge in [0.2, 0.25) is 0 Å². The van der Waals surface area contributed by atoms with E-state index in [2.05, 4.69) is 9.97 Å². The standard InChI is InChI=1S/C10H15F2N3O/c1-2-3-9(10(11)12)15(16)6-8-4-5-13-7-14-8/h4-5,7,9-10,16H,2-3,6H2,1H3. The van der Waals surface area contributed by atoms with Crippen LogP contribution in [0.4, 0.5) is 8.78 Å². The number of hydrogen-bond acceptors (Lipinski definition) is 4. The zero-order valence-electron chi connectivity index (χ0n) is 9.05. The van der Waals surface area contributed by atoms with Crippen molar-refractivity contribution in [3.63, 3.8) is 0 Å². The smallest absolute Gasteiger partial charge is 0.256 e. The molecule has 0 fully saturated rings. The second kappa shape index (κ2) is 6.44. The van der Waals surface area contributed by atoms with Crippen molar-refractivity contribution < 1.29 is 14.0 Å². The van der Waals surface area contributed by atoms with Gasteiger partial charge in [0.25, 0.3) is 6.43 Å². The van der Waals surface area contributed by atoms with Crippen molar-refractivity contribution in [2.24, 2.45) is 0 Å². The zero-order chi connectivity index (χ0) is 12.0. The molecule has 4 nitrogen and oxygen atoms in total. The number of hydrogen-bond donors (Lipinski definition) is 1. The molecule has 0 aliphatic heterocycles. The lowest BCUT2D eigenvalue weighted by Crippen LogP contribution is -2.37. The lowest BCUT2D eigenvalue weighted by molar-refractivity contribution is -0.172. The quantitative estimate of drug-likeness (QED) is 0.762. The summed E-state index contributed by atoms with van der Waals surface area (Å²) in [5.74, 6) is 0. The van der Waals surface area contributed by atoms with Gasteiger partial charge in [0.15, 0.2) is 0 Å². The molecule has 0 amide bonds. The molecule has 1 atom stereocenters. The Balaban J connectivity index is 2.58. The normalized spacial score (nSPS) is 13.4. The fourth-order valence-corrected chi connectivity index (χ4v) is 1.40. The average molecular weight is 231 g/mol. The van der Waals surface area contributed by atoms with Crippen LogP contribution in [0.2, 0.25) is 0 Å². The summed E-state index contributed by atoms with van der Waals surface area (Å²) >= 11 is 0. The zero-order valence-corrected chi connectivity index (χ0v) is 9.05. The van der Waals surface area contributed by atoms with Crippen LogP contribution in [0.5, 0.6) is 0 Å². The van der Waals surface area contributed by atoms with E-state index in [0.29, 0.717) is 17.2 Å². The van der Waals surface area contributed by atoms with E-state index in [0.717, 1.165) is 0 Å². The molecule has 0 radical (unpaired) electrons. The molecule has 1 aromatic heterocycles. The van der Waals surface area contributed by atoms with Gasteiger partial charge in [-0.25, -0.2) is 18.7 Å². The van der Waals surface area contributed by atoms with E-state index in [-0.39, 0.29) is 13.0 Å². The monoisotopic (exact) mass is 231 g/mol. The molecule has 16 heavy (non-hydrogen) atoms. The highest BCUT2D eigenvalue weighted by molar-refractivity contribution is 4.97. The average Bonchev–Trinajstić information content (AvgIpc) is 2.26. The fraction of sp³-hybridized carbons (Fsp3) is 0.600. The number of rotatable bonds is 6. The Bertz CT molecular complexity index is 297. The van der Waals surface area contributed by atoms with Gasteiger partial charge in [-0.3, -0.25) is 0 Å². The Hall–Kier alpha value is -1.14. The SMILES string of the molecule is CCCC(C(F)F)N(O)Cc1ccncn1. The van der Waals surface area contributed by atoms with Gasteiger partial charge >= 0.3 is 0 Å². The van der Waals surface area contributed by atoms with Crippen molar-refractivity contribution in [3.8, 4) is 0 Å². The van der Waals surface area contributed by atoms with E-state index in [1.165, 1.54) is 12.5 Å². The number of aromatic nitrogens is 2. The Morgan fingerprint density at radius 1 is 1.50 bits per heavy atom. The molecule has 6 heteroatoms. The van der Waals surface area contributed by atoms with Crippen LogP contribution >= 0.6 is 0 Å². The van der Waals surface area contributed by atoms with Crippen molar-refractivity contribution in [1.82, 2.24) is 15.0 Å². The minimum absolute atomic E-state index is 0.0163. The summed E-state index contributed by atoms with van der Waals surface area (Å²) in [4.78, 5) is 7.57. The first-order valence-electron chi connectivity index (χ1n) is 5.13. The minimum Gasteiger partial charge on any atom is -0.313 e. The van der Waals surface area contributed by atoms with Crippen LogP contribution in [0.25, 0.3) is 0 Å². The first-order valence-corrected chi connectivity index (χ1v) is 5.13. The van der Waals surface area contributed by atoms with Crippen LogP contribution in [0.1, 0.15) is 25.5 Å². The van der Waals surface area contributed by atoms with Gasteiger partial charge in [-0.15, -0.1) is 0 Å². The molecule has 0 spiro atoms. The third-order valence-corrected chi connectivity index (χ3v) is 2.23. The molecule has 1 aromatic rings. The molecule has 0 aromatic carbocycles. The van der Waals surface area contributed by atoms with Gasteiger partial charge in [-0.05, 0) is 12.5 Å². The summed E-state index contributed by atoms with van der Waals surface area (Å²) in [7, 11) is 0. The molecule has 1 unspecified atom stereocenters. The molecule has 0 saturated heterocycles. The second-order valence-electron chi connectivity index (χ2n) is 3.49. The third kappa shape index (κ3) is 3.79. The van der Waals surface area contributed by atoms with E-state index in [9.17, 15) is 14.0 Å². The van der Waals surface area contributed by atoms with Crippen molar-refractivity contribution in [1.29, 1.82) is 0 Å². The molecular weight excluding hydrogens is 216 g/mol. The van der Waals surface area contributed by atoms with Gasteiger partial charge in [-0.1, -0.05) is 13.3 Å². The van der Waals surface area contributed by atoms with Crippen molar-refractivity contribution >= 4 is 0 Å².